The number of fused-ring (bicyclic) bond motifs is 1. The number of hydrogen-bond acceptors (Lipinski definition) is 5. The predicted molar refractivity (Wildman–Crippen MR) is 118 cm³/mol. The van der Waals surface area contributed by atoms with Gasteiger partial charge in [0.05, 0.1) is 33.0 Å². The fourth-order valence-electron chi connectivity index (χ4n) is 4.46. The average molecular weight is 426 g/mol. The topological polar surface area (TPSA) is 64.1 Å². The first-order valence-electron chi connectivity index (χ1n) is 11.1. The van der Waals surface area contributed by atoms with E-state index in [1.807, 2.05) is 29.0 Å². The maximum Gasteiger partial charge on any atom is 0.320 e. The number of benzene rings is 1. The molecule has 4 rings (SSSR count). The van der Waals surface area contributed by atoms with Crippen LogP contribution in [-0.2, 0) is 17.6 Å². The number of carbonyl (C=O) groups is 1. The zero-order chi connectivity index (χ0) is 21.6. The molecule has 0 N–H and O–H groups in total. The largest absolute Gasteiger partial charge is 0.493 e. The van der Waals surface area contributed by atoms with Gasteiger partial charge in [0.1, 0.15) is 0 Å². The number of amides is 2. The van der Waals surface area contributed by atoms with Crippen molar-refractivity contribution in [3.8, 4) is 11.5 Å². The van der Waals surface area contributed by atoms with Crippen molar-refractivity contribution in [1.82, 2.24) is 14.8 Å². The number of hydrogen-bond donors (Lipinski definition) is 0. The van der Waals surface area contributed by atoms with Crippen molar-refractivity contribution < 1.29 is 19.0 Å². The van der Waals surface area contributed by atoms with E-state index in [1.165, 1.54) is 11.1 Å². The molecule has 1 saturated heterocycles. The van der Waals surface area contributed by atoms with Crippen LogP contribution in [0.25, 0.3) is 0 Å². The van der Waals surface area contributed by atoms with Crippen LogP contribution in [0, 0.1) is 0 Å². The van der Waals surface area contributed by atoms with Gasteiger partial charge in [0.25, 0.3) is 0 Å². The third-order valence-electron chi connectivity index (χ3n) is 6.04. The minimum absolute atomic E-state index is 0.0237. The molecule has 1 aromatic heterocycles. The second-order valence-electron chi connectivity index (χ2n) is 7.88. The smallest absolute Gasteiger partial charge is 0.320 e. The van der Waals surface area contributed by atoms with E-state index in [2.05, 4.69) is 23.2 Å². The van der Waals surface area contributed by atoms with E-state index in [9.17, 15) is 4.79 Å². The van der Waals surface area contributed by atoms with E-state index in [0.717, 1.165) is 36.3 Å². The van der Waals surface area contributed by atoms with Gasteiger partial charge in [-0.1, -0.05) is 6.07 Å². The Morgan fingerprint density at radius 1 is 1.23 bits per heavy atom. The number of ether oxygens (including phenoxy) is 3. The number of nitrogens with zero attached hydrogens (tertiary/aromatic N) is 3. The Hall–Kier alpha value is -2.80. The predicted octanol–water partition coefficient (Wildman–Crippen LogP) is 3.47. The summed E-state index contributed by atoms with van der Waals surface area (Å²) in [5.41, 5.74) is 3.55. The van der Waals surface area contributed by atoms with Crippen LogP contribution in [0.15, 0.2) is 36.7 Å². The number of carbonyl (C=O) groups excluding carboxylic acids is 1. The molecule has 31 heavy (non-hydrogen) atoms. The Kier molecular flexibility index (Phi) is 6.92. The summed E-state index contributed by atoms with van der Waals surface area (Å²) >= 11 is 0. The van der Waals surface area contributed by atoms with Gasteiger partial charge in [-0.3, -0.25) is 4.98 Å². The second-order valence-corrected chi connectivity index (χ2v) is 7.88. The highest BCUT2D eigenvalue weighted by atomic mass is 16.5. The number of aromatic nitrogens is 1. The van der Waals surface area contributed by atoms with Gasteiger partial charge in [0, 0.05) is 32.0 Å². The van der Waals surface area contributed by atoms with Gasteiger partial charge in [-0.25, -0.2) is 4.79 Å². The Morgan fingerprint density at radius 3 is 2.77 bits per heavy atom. The lowest BCUT2D eigenvalue weighted by molar-refractivity contribution is 0.0376. The number of morpholine rings is 1. The van der Waals surface area contributed by atoms with Crippen LogP contribution in [0.4, 0.5) is 4.79 Å². The maximum absolute atomic E-state index is 13.4. The molecule has 3 heterocycles. The summed E-state index contributed by atoms with van der Waals surface area (Å²) in [5, 5.41) is 0. The number of rotatable bonds is 6. The molecule has 7 nitrogen and oxygen atoms in total. The van der Waals surface area contributed by atoms with Gasteiger partial charge < -0.3 is 24.0 Å². The van der Waals surface area contributed by atoms with Crippen LogP contribution < -0.4 is 9.47 Å². The van der Waals surface area contributed by atoms with Crippen molar-refractivity contribution in [2.75, 3.05) is 46.6 Å². The summed E-state index contributed by atoms with van der Waals surface area (Å²) in [6, 6.07) is 8.27. The molecular weight excluding hydrogens is 394 g/mol. The van der Waals surface area contributed by atoms with E-state index in [0.29, 0.717) is 39.5 Å². The van der Waals surface area contributed by atoms with Crippen molar-refractivity contribution in [3.63, 3.8) is 0 Å². The molecule has 2 aliphatic heterocycles. The SMILES string of the molecule is CCOc1cc2c(cc1OC)CCN(C(=O)N1CCOCC1)C2CCc1cccnc1. The van der Waals surface area contributed by atoms with Crippen molar-refractivity contribution in [3.05, 3.63) is 53.3 Å². The van der Waals surface area contributed by atoms with Crippen molar-refractivity contribution in [2.45, 2.75) is 32.2 Å². The lowest BCUT2D eigenvalue weighted by atomic mass is 9.88. The van der Waals surface area contributed by atoms with Crippen molar-refractivity contribution >= 4 is 6.03 Å². The molecule has 2 aliphatic rings. The van der Waals surface area contributed by atoms with Gasteiger partial charge in [-0.15, -0.1) is 0 Å². The molecule has 1 aromatic carbocycles. The molecule has 1 fully saturated rings. The molecule has 7 heteroatoms. The summed E-state index contributed by atoms with van der Waals surface area (Å²) in [6.45, 7) is 5.70. The minimum atomic E-state index is -0.0237. The van der Waals surface area contributed by atoms with E-state index in [4.69, 9.17) is 14.2 Å². The first kappa shape index (κ1) is 21.4. The van der Waals surface area contributed by atoms with Crippen LogP contribution >= 0.6 is 0 Å². The molecular formula is C24H31N3O4. The molecule has 0 saturated carbocycles. The highest BCUT2D eigenvalue weighted by Crippen LogP contribution is 2.40. The summed E-state index contributed by atoms with van der Waals surface area (Å²) < 4.78 is 16.9. The summed E-state index contributed by atoms with van der Waals surface area (Å²) in [7, 11) is 1.67. The molecule has 0 radical (unpaired) electrons. The first-order valence-corrected chi connectivity index (χ1v) is 11.1. The first-order chi connectivity index (χ1) is 15.2. The third-order valence-corrected chi connectivity index (χ3v) is 6.04. The van der Waals surface area contributed by atoms with Gasteiger partial charge in [0.2, 0.25) is 0 Å². The normalized spacial score (nSPS) is 18.5. The van der Waals surface area contributed by atoms with Crippen LogP contribution in [0.5, 0.6) is 11.5 Å². The van der Waals surface area contributed by atoms with Gasteiger partial charge in [0.15, 0.2) is 11.5 Å². The molecule has 0 spiro atoms. The zero-order valence-corrected chi connectivity index (χ0v) is 18.4. The summed E-state index contributed by atoms with van der Waals surface area (Å²) in [6.07, 6.45) is 6.16. The molecule has 0 bridgehead atoms. The molecule has 1 atom stereocenters. The number of urea groups is 1. The Morgan fingerprint density at radius 2 is 2.06 bits per heavy atom. The average Bonchev–Trinajstić information content (AvgIpc) is 2.83. The number of methoxy groups -OCH3 is 1. The van der Waals surface area contributed by atoms with Gasteiger partial charge >= 0.3 is 6.03 Å². The molecule has 166 valence electrons. The van der Waals surface area contributed by atoms with Gasteiger partial charge in [-0.2, -0.15) is 0 Å². The lowest BCUT2D eigenvalue weighted by Gasteiger charge is -2.41. The fraction of sp³-hybridized carbons (Fsp3) is 0.500. The van der Waals surface area contributed by atoms with Crippen molar-refractivity contribution in [1.29, 1.82) is 0 Å². The van der Waals surface area contributed by atoms with Crippen molar-refractivity contribution in [2.24, 2.45) is 0 Å². The second kappa shape index (κ2) is 10.0. The zero-order valence-electron chi connectivity index (χ0n) is 18.4. The Labute approximate surface area is 183 Å². The highest BCUT2D eigenvalue weighted by molar-refractivity contribution is 5.76. The fourth-order valence-corrected chi connectivity index (χ4v) is 4.46. The molecule has 2 amide bonds. The van der Waals surface area contributed by atoms with Gasteiger partial charge in [-0.05, 0) is 61.1 Å². The van der Waals surface area contributed by atoms with Crippen LogP contribution in [0.2, 0.25) is 0 Å². The Bertz CT molecular complexity index is 884. The lowest BCUT2D eigenvalue weighted by Crippen LogP contribution is -2.51. The highest BCUT2D eigenvalue weighted by Gasteiger charge is 2.34. The monoisotopic (exact) mass is 425 g/mol. The van der Waals surface area contributed by atoms with Crippen LogP contribution in [0.1, 0.15) is 36.1 Å². The number of pyridine rings is 1. The molecule has 1 unspecified atom stereocenters. The maximum atomic E-state index is 13.4. The minimum Gasteiger partial charge on any atom is -0.493 e. The standard InChI is InChI=1S/C24H31N3O4/c1-3-31-23-16-20-19(15-22(23)29-2)8-10-27(24(28)26-11-13-30-14-12-26)21(20)7-6-18-5-4-9-25-17-18/h4-5,9,15-17,21H,3,6-8,10-14H2,1-2H3. The quantitative estimate of drug-likeness (QED) is 0.709. The van der Waals surface area contributed by atoms with E-state index < -0.39 is 0 Å². The van der Waals surface area contributed by atoms with E-state index in [-0.39, 0.29) is 12.1 Å². The summed E-state index contributed by atoms with van der Waals surface area (Å²) in [5.74, 6) is 1.48. The van der Waals surface area contributed by atoms with E-state index in [1.54, 1.807) is 13.3 Å². The number of aryl methyl sites for hydroxylation is 1. The third kappa shape index (κ3) is 4.77. The summed E-state index contributed by atoms with van der Waals surface area (Å²) in [4.78, 5) is 21.6. The van der Waals surface area contributed by atoms with Crippen LogP contribution in [-0.4, -0.2) is 67.4 Å². The van der Waals surface area contributed by atoms with Crippen LogP contribution in [0.3, 0.4) is 0 Å². The molecule has 0 aliphatic carbocycles. The molecule has 2 aromatic rings. The van der Waals surface area contributed by atoms with E-state index >= 15 is 0 Å². The Balaban J connectivity index is 1.65.